The van der Waals surface area contributed by atoms with Gasteiger partial charge in [0.05, 0.1) is 22.7 Å². The average molecular weight is 481 g/mol. The van der Waals surface area contributed by atoms with Crippen LogP contribution < -0.4 is 9.80 Å². The van der Waals surface area contributed by atoms with Crippen LogP contribution in [0.4, 0.5) is 32.3 Å². The molecule has 2 amide bonds. The van der Waals surface area contributed by atoms with Gasteiger partial charge in [-0.2, -0.15) is 0 Å². The molecule has 0 N–H and O–H groups in total. The van der Waals surface area contributed by atoms with Gasteiger partial charge in [0, 0.05) is 0 Å². The Bertz CT molecular complexity index is 1160. The Labute approximate surface area is 211 Å². The fourth-order valence-electron chi connectivity index (χ4n) is 3.69. The molecular formula is C30H28N2O4. The number of para-hydroxylation sites is 4. The van der Waals surface area contributed by atoms with Crippen LogP contribution in [-0.4, -0.2) is 24.9 Å². The van der Waals surface area contributed by atoms with Gasteiger partial charge in [-0.3, -0.25) is 0 Å². The molecule has 36 heavy (non-hydrogen) atoms. The van der Waals surface area contributed by atoms with E-state index in [4.69, 9.17) is 9.47 Å². The molecule has 1 unspecified atom stereocenters. The first kappa shape index (κ1) is 24.5. The molecule has 4 aromatic rings. The number of carbonyl (C=O) groups is 2. The van der Waals surface area contributed by atoms with Crippen molar-refractivity contribution in [2.24, 2.45) is 0 Å². The fraction of sp³-hybridized carbons (Fsp3) is 0.133. The molecule has 6 nitrogen and oxygen atoms in total. The molecule has 0 fully saturated rings. The van der Waals surface area contributed by atoms with Crippen LogP contribution in [-0.2, 0) is 9.47 Å². The molecule has 182 valence electrons. The molecule has 0 aromatic heterocycles. The van der Waals surface area contributed by atoms with Crippen molar-refractivity contribution in [3.63, 3.8) is 0 Å². The molecule has 1 atom stereocenters. The average Bonchev–Trinajstić information content (AvgIpc) is 2.94. The molecule has 0 bridgehead atoms. The van der Waals surface area contributed by atoms with Crippen LogP contribution in [0.25, 0.3) is 0 Å². The van der Waals surface area contributed by atoms with Crippen LogP contribution in [0.1, 0.15) is 13.3 Å². The summed E-state index contributed by atoms with van der Waals surface area (Å²) in [6.07, 6.45) is -1.24. The van der Waals surface area contributed by atoms with E-state index in [1.165, 1.54) is 9.80 Å². The zero-order valence-electron chi connectivity index (χ0n) is 20.1. The van der Waals surface area contributed by atoms with Gasteiger partial charge in [0.2, 0.25) is 0 Å². The van der Waals surface area contributed by atoms with E-state index in [9.17, 15) is 9.59 Å². The summed E-state index contributed by atoms with van der Waals surface area (Å²) in [4.78, 5) is 29.5. The molecular weight excluding hydrogens is 452 g/mol. The van der Waals surface area contributed by atoms with Crippen molar-refractivity contribution in [1.82, 2.24) is 0 Å². The van der Waals surface area contributed by atoms with Gasteiger partial charge in [-0.15, -0.1) is 0 Å². The van der Waals surface area contributed by atoms with Crippen molar-refractivity contribution in [2.75, 3.05) is 16.4 Å². The monoisotopic (exact) mass is 480 g/mol. The van der Waals surface area contributed by atoms with E-state index >= 15 is 0 Å². The first-order valence-electron chi connectivity index (χ1n) is 11.8. The quantitative estimate of drug-likeness (QED) is 0.259. The summed E-state index contributed by atoms with van der Waals surface area (Å²) >= 11 is 0. The zero-order valence-corrected chi connectivity index (χ0v) is 20.1. The van der Waals surface area contributed by atoms with E-state index in [-0.39, 0.29) is 6.61 Å². The lowest BCUT2D eigenvalue weighted by molar-refractivity contribution is 0.0499. The van der Waals surface area contributed by atoms with Crippen LogP contribution in [0.15, 0.2) is 121 Å². The third kappa shape index (κ3) is 6.10. The molecule has 0 aliphatic carbocycles. The maximum absolute atomic E-state index is 13.3. The number of hydrogen-bond acceptors (Lipinski definition) is 4. The Morgan fingerprint density at radius 3 is 1.25 bits per heavy atom. The highest BCUT2D eigenvalue weighted by Crippen LogP contribution is 2.28. The Morgan fingerprint density at radius 1 is 0.583 bits per heavy atom. The first-order chi connectivity index (χ1) is 17.7. The third-order valence-electron chi connectivity index (χ3n) is 5.54. The van der Waals surface area contributed by atoms with Gasteiger partial charge in [-0.1, -0.05) is 79.7 Å². The summed E-state index contributed by atoms with van der Waals surface area (Å²) in [6.45, 7) is 1.81. The molecule has 0 saturated carbocycles. The van der Waals surface area contributed by atoms with Gasteiger partial charge in [-0.05, 0) is 55.0 Å². The molecule has 4 aromatic carbocycles. The fourth-order valence-corrected chi connectivity index (χ4v) is 3.69. The lowest BCUT2D eigenvalue weighted by Gasteiger charge is -2.26. The molecule has 0 heterocycles. The van der Waals surface area contributed by atoms with E-state index in [0.717, 1.165) is 0 Å². The Hall–Kier alpha value is -4.58. The lowest BCUT2D eigenvalue weighted by atomic mass is 10.2. The minimum atomic E-state index is -0.621. The SMILES string of the molecule is CCC(COC(=O)N(c1ccccc1)c1ccccc1)OC(=O)N(c1ccccc1)c1ccccc1. The standard InChI is InChI=1S/C30H28N2O4/c1-2-28(36-30(34)32(26-19-11-5-12-20-26)27-21-13-6-14-22-27)23-35-29(33)31(24-15-7-3-8-16-24)25-17-9-4-10-18-25/h3-22,28H,2,23H2,1H3. The minimum Gasteiger partial charge on any atom is -0.445 e. The Kier molecular flexibility index (Phi) is 8.33. The van der Waals surface area contributed by atoms with Gasteiger partial charge in [0.1, 0.15) is 12.7 Å². The van der Waals surface area contributed by atoms with Crippen molar-refractivity contribution in [1.29, 1.82) is 0 Å². The van der Waals surface area contributed by atoms with E-state index < -0.39 is 18.3 Å². The normalized spacial score (nSPS) is 11.2. The van der Waals surface area contributed by atoms with Crippen molar-refractivity contribution in [3.05, 3.63) is 121 Å². The predicted molar refractivity (Wildman–Crippen MR) is 142 cm³/mol. The Morgan fingerprint density at radius 2 is 0.917 bits per heavy atom. The smallest absolute Gasteiger partial charge is 0.419 e. The summed E-state index contributed by atoms with van der Waals surface area (Å²) in [5.74, 6) is 0. The van der Waals surface area contributed by atoms with Crippen molar-refractivity contribution >= 4 is 34.9 Å². The Balaban J connectivity index is 1.48. The topological polar surface area (TPSA) is 59.1 Å². The summed E-state index contributed by atoms with van der Waals surface area (Å²) in [5, 5.41) is 0. The molecule has 6 heteroatoms. The van der Waals surface area contributed by atoms with Crippen LogP contribution in [0.3, 0.4) is 0 Å². The summed E-state index contributed by atoms with van der Waals surface area (Å²) in [7, 11) is 0. The number of nitrogens with zero attached hydrogens (tertiary/aromatic N) is 2. The van der Waals surface area contributed by atoms with Crippen LogP contribution in [0, 0.1) is 0 Å². The molecule has 0 radical (unpaired) electrons. The van der Waals surface area contributed by atoms with Gasteiger partial charge in [0.15, 0.2) is 0 Å². The molecule has 0 spiro atoms. The number of rotatable bonds is 8. The van der Waals surface area contributed by atoms with E-state index in [0.29, 0.717) is 29.2 Å². The van der Waals surface area contributed by atoms with Gasteiger partial charge in [0.25, 0.3) is 0 Å². The molecule has 0 aliphatic heterocycles. The number of benzene rings is 4. The summed E-state index contributed by atoms with van der Waals surface area (Å²) < 4.78 is 11.5. The van der Waals surface area contributed by atoms with E-state index in [1.54, 1.807) is 0 Å². The largest absolute Gasteiger partial charge is 0.445 e. The van der Waals surface area contributed by atoms with Crippen LogP contribution in [0.5, 0.6) is 0 Å². The number of ether oxygens (including phenoxy) is 2. The summed E-state index contributed by atoms with van der Waals surface area (Å²) in [6, 6.07) is 37.1. The molecule has 0 aliphatic rings. The highest BCUT2D eigenvalue weighted by atomic mass is 16.6. The maximum atomic E-state index is 13.3. The zero-order chi connectivity index (χ0) is 25.2. The number of carbonyl (C=O) groups excluding carboxylic acids is 2. The van der Waals surface area contributed by atoms with Gasteiger partial charge in [-0.25, -0.2) is 19.4 Å². The third-order valence-corrected chi connectivity index (χ3v) is 5.54. The number of anilines is 4. The van der Waals surface area contributed by atoms with Crippen molar-refractivity contribution in [3.8, 4) is 0 Å². The number of hydrogen-bond donors (Lipinski definition) is 0. The second-order valence-electron chi connectivity index (χ2n) is 8.00. The van der Waals surface area contributed by atoms with Crippen molar-refractivity contribution < 1.29 is 19.1 Å². The van der Waals surface area contributed by atoms with Crippen LogP contribution in [0.2, 0.25) is 0 Å². The highest BCUT2D eigenvalue weighted by molar-refractivity contribution is 5.97. The predicted octanol–water partition coefficient (Wildman–Crippen LogP) is 7.71. The van der Waals surface area contributed by atoms with Crippen molar-refractivity contribution in [2.45, 2.75) is 19.4 Å². The lowest BCUT2D eigenvalue weighted by Crippen LogP contribution is -2.35. The highest BCUT2D eigenvalue weighted by Gasteiger charge is 2.25. The minimum absolute atomic E-state index is 0.0747. The van der Waals surface area contributed by atoms with Gasteiger partial charge >= 0.3 is 12.2 Å². The van der Waals surface area contributed by atoms with E-state index in [2.05, 4.69) is 0 Å². The second-order valence-corrected chi connectivity index (χ2v) is 8.00. The maximum Gasteiger partial charge on any atom is 0.419 e. The number of amides is 2. The summed E-state index contributed by atoms with van der Waals surface area (Å²) in [5.41, 5.74) is 2.72. The first-order valence-corrected chi connectivity index (χ1v) is 11.8. The van der Waals surface area contributed by atoms with Gasteiger partial charge < -0.3 is 9.47 Å². The van der Waals surface area contributed by atoms with E-state index in [1.807, 2.05) is 128 Å². The van der Waals surface area contributed by atoms with Crippen LogP contribution >= 0.6 is 0 Å². The molecule has 4 rings (SSSR count). The second kappa shape index (κ2) is 12.2. The molecule has 0 saturated heterocycles.